The predicted octanol–water partition coefficient (Wildman–Crippen LogP) is 5.66. The van der Waals surface area contributed by atoms with E-state index in [1.165, 1.54) is 11.6 Å². The number of anilines is 1. The lowest BCUT2D eigenvalue weighted by Gasteiger charge is -2.07. The van der Waals surface area contributed by atoms with Crippen LogP contribution in [0.5, 0.6) is 0 Å². The molecule has 3 nitrogen and oxygen atoms in total. The maximum absolute atomic E-state index is 12.2. The lowest BCUT2D eigenvalue weighted by molar-refractivity contribution is -0.112. The second-order valence-corrected chi connectivity index (χ2v) is 6.39. The molecule has 24 heavy (non-hydrogen) atoms. The van der Waals surface area contributed by atoms with Crippen LogP contribution in [0.3, 0.4) is 0 Å². The number of nitriles is 1. The van der Waals surface area contributed by atoms with Crippen molar-refractivity contribution < 1.29 is 4.79 Å². The van der Waals surface area contributed by atoms with Crippen molar-refractivity contribution in [1.29, 1.82) is 5.26 Å². The van der Waals surface area contributed by atoms with E-state index in [9.17, 15) is 10.1 Å². The van der Waals surface area contributed by atoms with Gasteiger partial charge in [-0.1, -0.05) is 61.3 Å². The van der Waals surface area contributed by atoms with Crippen molar-refractivity contribution in [3.63, 3.8) is 0 Å². The molecule has 0 bridgehead atoms. The van der Waals surface area contributed by atoms with E-state index < -0.39 is 5.91 Å². The first kappa shape index (κ1) is 18.1. The third kappa shape index (κ3) is 4.61. The Labute approximate surface area is 151 Å². The molecular weight excluding hydrogens is 343 g/mol. The summed E-state index contributed by atoms with van der Waals surface area (Å²) in [5, 5.41) is 12.6. The fraction of sp³-hybridized carbons (Fsp3) is 0.158. The highest BCUT2D eigenvalue weighted by atomic mass is 35.5. The van der Waals surface area contributed by atoms with E-state index in [-0.39, 0.29) is 5.57 Å². The second kappa shape index (κ2) is 8.01. The summed E-state index contributed by atoms with van der Waals surface area (Å²) >= 11 is 11.8. The lowest BCUT2D eigenvalue weighted by Crippen LogP contribution is -2.13. The molecule has 0 fully saturated rings. The largest absolute Gasteiger partial charge is 0.321 e. The summed E-state index contributed by atoms with van der Waals surface area (Å²) in [6, 6.07) is 14.4. The molecule has 1 N–H and O–H groups in total. The zero-order valence-corrected chi connectivity index (χ0v) is 14.8. The standard InChI is InChI=1S/C19H16Cl2N2O/c1-12(2)14-5-3-13(4-6-14)9-15(11-22)19(24)23-16-7-8-17(20)18(21)10-16/h3-10,12H,1-2H3,(H,23,24)/b15-9+. The van der Waals surface area contributed by atoms with E-state index in [2.05, 4.69) is 19.2 Å². The normalized spacial score (nSPS) is 11.2. The number of amides is 1. The van der Waals surface area contributed by atoms with Crippen molar-refractivity contribution in [2.75, 3.05) is 5.32 Å². The molecule has 0 spiro atoms. The Morgan fingerprint density at radius 1 is 1.12 bits per heavy atom. The molecule has 2 aromatic carbocycles. The van der Waals surface area contributed by atoms with E-state index in [0.29, 0.717) is 21.7 Å². The minimum Gasteiger partial charge on any atom is -0.321 e. The van der Waals surface area contributed by atoms with Crippen molar-refractivity contribution in [1.82, 2.24) is 0 Å². The highest BCUT2D eigenvalue weighted by molar-refractivity contribution is 6.42. The van der Waals surface area contributed by atoms with Crippen molar-refractivity contribution in [2.45, 2.75) is 19.8 Å². The Kier molecular flexibility index (Phi) is 6.03. The zero-order chi connectivity index (χ0) is 17.7. The van der Waals surface area contributed by atoms with E-state index >= 15 is 0 Å². The lowest BCUT2D eigenvalue weighted by atomic mass is 10.0. The molecule has 0 saturated heterocycles. The number of benzene rings is 2. The first-order valence-electron chi connectivity index (χ1n) is 7.39. The number of rotatable bonds is 4. The van der Waals surface area contributed by atoms with Gasteiger partial charge < -0.3 is 5.32 Å². The Hall–Kier alpha value is -2.28. The smallest absolute Gasteiger partial charge is 0.266 e. The van der Waals surface area contributed by atoms with Crippen molar-refractivity contribution >= 4 is 40.9 Å². The van der Waals surface area contributed by atoms with Crippen LogP contribution < -0.4 is 5.32 Å². The van der Waals surface area contributed by atoms with Gasteiger partial charge in [-0.05, 0) is 41.3 Å². The number of halogens is 2. The monoisotopic (exact) mass is 358 g/mol. The second-order valence-electron chi connectivity index (χ2n) is 5.57. The number of nitrogens with one attached hydrogen (secondary N) is 1. The first-order valence-corrected chi connectivity index (χ1v) is 8.14. The molecule has 0 aromatic heterocycles. The maximum Gasteiger partial charge on any atom is 0.266 e. The van der Waals surface area contributed by atoms with Gasteiger partial charge in [0.15, 0.2) is 0 Å². The van der Waals surface area contributed by atoms with Gasteiger partial charge in [-0.2, -0.15) is 5.26 Å². The third-order valence-electron chi connectivity index (χ3n) is 3.46. The minimum atomic E-state index is -0.496. The van der Waals surface area contributed by atoms with Gasteiger partial charge in [-0.25, -0.2) is 0 Å². The summed E-state index contributed by atoms with van der Waals surface area (Å²) in [4.78, 5) is 12.2. The summed E-state index contributed by atoms with van der Waals surface area (Å²) in [6.45, 7) is 4.21. The maximum atomic E-state index is 12.2. The molecule has 0 unspecified atom stereocenters. The van der Waals surface area contributed by atoms with Gasteiger partial charge in [-0.15, -0.1) is 0 Å². The van der Waals surface area contributed by atoms with E-state index in [1.807, 2.05) is 30.3 Å². The van der Waals surface area contributed by atoms with Crippen molar-refractivity contribution in [2.24, 2.45) is 0 Å². The molecule has 122 valence electrons. The molecule has 2 aromatic rings. The summed E-state index contributed by atoms with van der Waals surface area (Å²) < 4.78 is 0. The van der Waals surface area contributed by atoms with E-state index in [4.69, 9.17) is 23.2 Å². The van der Waals surface area contributed by atoms with Crippen LogP contribution in [0.1, 0.15) is 30.9 Å². The summed E-state index contributed by atoms with van der Waals surface area (Å²) in [7, 11) is 0. The Morgan fingerprint density at radius 2 is 1.79 bits per heavy atom. The molecule has 0 aliphatic carbocycles. The number of carbonyl (C=O) groups is 1. The van der Waals surface area contributed by atoms with Crippen molar-refractivity contribution in [3.05, 3.63) is 69.2 Å². The average Bonchev–Trinajstić information content (AvgIpc) is 2.56. The quantitative estimate of drug-likeness (QED) is 0.565. The molecule has 5 heteroatoms. The summed E-state index contributed by atoms with van der Waals surface area (Å²) in [6.07, 6.45) is 1.55. The van der Waals surface area contributed by atoms with Gasteiger partial charge in [0.2, 0.25) is 0 Å². The molecule has 0 radical (unpaired) electrons. The van der Waals surface area contributed by atoms with Crippen LogP contribution in [0.4, 0.5) is 5.69 Å². The summed E-state index contributed by atoms with van der Waals surface area (Å²) in [5.41, 5.74) is 2.48. The summed E-state index contributed by atoms with van der Waals surface area (Å²) in [5.74, 6) is -0.0692. The van der Waals surface area contributed by atoms with E-state index in [1.54, 1.807) is 18.2 Å². The van der Waals surface area contributed by atoms with Crippen LogP contribution >= 0.6 is 23.2 Å². The first-order chi connectivity index (χ1) is 11.4. The number of nitrogens with zero attached hydrogens (tertiary/aromatic N) is 1. The van der Waals surface area contributed by atoms with Gasteiger partial charge in [0.25, 0.3) is 5.91 Å². The molecular formula is C19H16Cl2N2O. The molecule has 2 rings (SSSR count). The van der Waals surface area contributed by atoms with Gasteiger partial charge in [-0.3, -0.25) is 4.79 Å². The van der Waals surface area contributed by atoms with Crippen LogP contribution in [0.2, 0.25) is 10.0 Å². The zero-order valence-electron chi connectivity index (χ0n) is 13.3. The van der Waals surface area contributed by atoms with Crippen molar-refractivity contribution in [3.8, 4) is 6.07 Å². The Morgan fingerprint density at radius 3 is 2.33 bits per heavy atom. The molecule has 0 saturated carbocycles. The predicted molar refractivity (Wildman–Crippen MR) is 99.2 cm³/mol. The van der Waals surface area contributed by atoms with Gasteiger partial charge in [0.1, 0.15) is 11.6 Å². The van der Waals surface area contributed by atoms with E-state index in [0.717, 1.165) is 5.56 Å². The van der Waals surface area contributed by atoms with Crippen LogP contribution in [0, 0.1) is 11.3 Å². The van der Waals surface area contributed by atoms with Gasteiger partial charge in [0, 0.05) is 5.69 Å². The van der Waals surface area contributed by atoms with Crippen LogP contribution in [0.25, 0.3) is 6.08 Å². The highest BCUT2D eigenvalue weighted by Crippen LogP contribution is 2.25. The average molecular weight is 359 g/mol. The topological polar surface area (TPSA) is 52.9 Å². The number of hydrogen-bond acceptors (Lipinski definition) is 2. The fourth-order valence-electron chi connectivity index (χ4n) is 2.06. The fourth-order valence-corrected chi connectivity index (χ4v) is 2.36. The Balaban J connectivity index is 2.18. The molecule has 0 heterocycles. The SMILES string of the molecule is CC(C)c1ccc(/C=C(\C#N)C(=O)Nc2ccc(Cl)c(Cl)c2)cc1. The van der Waals surface area contributed by atoms with Crippen LogP contribution in [0.15, 0.2) is 48.0 Å². The van der Waals surface area contributed by atoms with Gasteiger partial charge >= 0.3 is 0 Å². The van der Waals surface area contributed by atoms with Crippen LogP contribution in [-0.4, -0.2) is 5.91 Å². The molecule has 0 aliphatic rings. The molecule has 0 atom stereocenters. The highest BCUT2D eigenvalue weighted by Gasteiger charge is 2.10. The number of carbonyl (C=O) groups excluding carboxylic acids is 1. The third-order valence-corrected chi connectivity index (χ3v) is 4.20. The number of hydrogen-bond donors (Lipinski definition) is 1. The van der Waals surface area contributed by atoms with Crippen LogP contribution in [-0.2, 0) is 4.79 Å². The van der Waals surface area contributed by atoms with Gasteiger partial charge in [0.05, 0.1) is 10.0 Å². The molecule has 1 amide bonds. The Bertz CT molecular complexity index is 818. The minimum absolute atomic E-state index is 0.0124. The molecule has 0 aliphatic heterocycles.